The van der Waals surface area contributed by atoms with Gasteiger partial charge in [-0.25, -0.2) is 4.98 Å². The number of rotatable bonds is 3. The van der Waals surface area contributed by atoms with E-state index in [4.69, 9.17) is 9.40 Å². The summed E-state index contributed by atoms with van der Waals surface area (Å²) >= 11 is 0. The first-order valence-corrected chi connectivity index (χ1v) is 9.64. The summed E-state index contributed by atoms with van der Waals surface area (Å²) in [5.41, 5.74) is 3.91. The van der Waals surface area contributed by atoms with Gasteiger partial charge in [0.05, 0.1) is 0 Å². The number of hydrogen-bond acceptors (Lipinski definition) is 3. The molecule has 0 spiro atoms. The summed E-state index contributed by atoms with van der Waals surface area (Å²) in [6, 6.07) is 28.1. The van der Waals surface area contributed by atoms with Crippen molar-refractivity contribution in [3.8, 4) is 22.8 Å². The van der Waals surface area contributed by atoms with Crippen LogP contribution in [-0.4, -0.2) is 10.1 Å². The van der Waals surface area contributed by atoms with Crippen LogP contribution in [0.5, 0.6) is 0 Å². The molecule has 0 saturated heterocycles. The van der Waals surface area contributed by atoms with E-state index in [0.717, 1.165) is 17.5 Å². The van der Waals surface area contributed by atoms with E-state index >= 15 is 0 Å². The Morgan fingerprint density at radius 1 is 0.750 bits per heavy atom. The van der Waals surface area contributed by atoms with Crippen molar-refractivity contribution in [1.82, 2.24) is 4.98 Å². The molecule has 4 aromatic rings. The molecule has 1 aromatic heterocycles. The van der Waals surface area contributed by atoms with E-state index in [1.807, 2.05) is 66.7 Å². The number of hydrogen-bond donors (Lipinski definition) is 1. The summed E-state index contributed by atoms with van der Waals surface area (Å²) in [5, 5.41) is 11.7. The third kappa shape index (κ3) is 2.94. The van der Waals surface area contributed by atoms with Gasteiger partial charge in [0.2, 0.25) is 5.89 Å². The number of oxazole rings is 1. The Labute approximate surface area is 164 Å². The quantitative estimate of drug-likeness (QED) is 0.528. The largest absolute Gasteiger partial charge is 0.436 e. The minimum absolute atomic E-state index is 0.543. The van der Waals surface area contributed by atoms with Crippen molar-refractivity contribution < 1.29 is 9.52 Å². The molecule has 0 fully saturated rings. The van der Waals surface area contributed by atoms with Gasteiger partial charge in [-0.05, 0) is 36.1 Å². The lowest BCUT2D eigenvalue weighted by Gasteiger charge is -2.32. The monoisotopic (exact) mass is 367 g/mol. The van der Waals surface area contributed by atoms with Crippen LogP contribution in [0.2, 0.25) is 0 Å². The van der Waals surface area contributed by atoms with Gasteiger partial charge in [-0.3, -0.25) is 0 Å². The maximum Gasteiger partial charge on any atom is 0.227 e. The van der Waals surface area contributed by atoms with Gasteiger partial charge in [0.1, 0.15) is 11.3 Å². The molecule has 0 radical (unpaired) electrons. The lowest BCUT2D eigenvalue weighted by atomic mass is 9.78. The van der Waals surface area contributed by atoms with Crippen molar-refractivity contribution >= 4 is 0 Å². The highest BCUT2D eigenvalue weighted by atomic mass is 16.4. The highest BCUT2D eigenvalue weighted by Crippen LogP contribution is 2.42. The molecule has 1 unspecified atom stereocenters. The van der Waals surface area contributed by atoms with Crippen LogP contribution in [0, 0.1) is 0 Å². The number of benzene rings is 3. The molecule has 0 aliphatic heterocycles. The zero-order valence-corrected chi connectivity index (χ0v) is 15.5. The predicted molar refractivity (Wildman–Crippen MR) is 110 cm³/mol. The molecule has 0 saturated carbocycles. The molecule has 3 nitrogen and oxygen atoms in total. The maximum atomic E-state index is 11.7. The van der Waals surface area contributed by atoms with Crippen molar-refractivity contribution in [2.45, 2.75) is 24.9 Å². The van der Waals surface area contributed by atoms with E-state index in [1.165, 1.54) is 11.1 Å². The van der Waals surface area contributed by atoms with Crippen molar-refractivity contribution in [3.63, 3.8) is 0 Å². The molecule has 0 amide bonds. The third-order valence-corrected chi connectivity index (χ3v) is 5.53. The van der Waals surface area contributed by atoms with Gasteiger partial charge in [0, 0.05) is 17.5 Å². The fourth-order valence-corrected chi connectivity index (χ4v) is 4.05. The van der Waals surface area contributed by atoms with Crippen molar-refractivity contribution in [1.29, 1.82) is 0 Å². The molecule has 138 valence electrons. The molecular weight excluding hydrogens is 346 g/mol. The second-order valence-electron chi connectivity index (χ2n) is 7.41. The molecule has 3 heteroatoms. The highest BCUT2D eigenvalue weighted by Gasteiger charge is 2.39. The molecule has 1 atom stereocenters. The van der Waals surface area contributed by atoms with Crippen LogP contribution in [0.3, 0.4) is 0 Å². The van der Waals surface area contributed by atoms with Crippen LogP contribution in [0.15, 0.2) is 89.3 Å². The van der Waals surface area contributed by atoms with Crippen LogP contribution in [0.25, 0.3) is 22.8 Å². The molecule has 28 heavy (non-hydrogen) atoms. The standard InChI is InChI=1S/C25H21NO2/c27-25(16-15-18-9-7-8-14-21(18)17-25)23-22(19-10-3-1-4-11-19)28-24(26-23)20-12-5-2-6-13-20/h1-14,27H,15-17H2. The first-order valence-electron chi connectivity index (χ1n) is 9.64. The van der Waals surface area contributed by atoms with E-state index in [9.17, 15) is 5.11 Å². The van der Waals surface area contributed by atoms with Gasteiger partial charge in [0.25, 0.3) is 0 Å². The van der Waals surface area contributed by atoms with E-state index in [1.54, 1.807) is 0 Å². The zero-order chi connectivity index (χ0) is 19.0. The summed E-state index contributed by atoms with van der Waals surface area (Å²) in [7, 11) is 0. The molecule has 1 heterocycles. The SMILES string of the molecule is OC1(c2nc(-c3ccccc3)oc2-c2ccccc2)CCc2ccccc2C1. The third-order valence-electron chi connectivity index (χ3n) is 5.53. The first kappa shape index (κ1) is 17.0. The van der Waals surface area contributed by atoms with Crippen molar-refractivity contribution in [2.24, 2.45) is 0 Å². The van der Waals surface area contributed by atoms with Crippen LogP contribution in [0.4, 0.5) is 0 Å². The fraction of sp³-hybridized carbons (Fsp3) is 0.160. The molecule has 5 rings (SSSR count). The second-order valence-corrected chi connectivity index (χ2v) is 7.41. The molecule has 1 aliphatic carbocycles. The summed E-state index contributed by atoms with van der Waals surface area (Å²) in [4.78, 5) is 4.81. The topological polar surface area (TPSA) is 46.3 Å². The van der Waals surface area contributed by atoms with Crippen molar-refractivity contribution in [2.75, 3.05) is 0 Å². The second kappa shape index (κ2) is 6.77. The Hall–Kier alpha value is -3.17. The van der Waals surface area contributed by atoms with Gasteiger partial charge >= 0.3 is 0 Å². The van der Waals surface area contributed by atoms with E-state index in [-0.39, 0.29) is 0 Å². The minimum atomic E-state index is -1.05. The smallest absolute Gasteiger partial charge is 0.227 e. The van der Waals surface area contributed by atoms with Crippen molar-refractivity contribution in [3.05, 3.63) is 102 Å². The Morgan fingerprint density at radius 2 is 1.36 bits per heavy atom. The molecule has 3 aromatic carbocycles. The minimum Gasteiger partial charge on any atom is -0.436 e. The van der Waals surface area contributed by atoms with E-state index < -0.39 is 5.60 Å². The lowest BCUT2D eigenvalue weighted by Crippen LogP contribution is -2.34. The summed E-state index contributed by atoms with van der Waals surface area (Å²) in [5.74, 6) is 1.20. The average Bonchev–Trinajstić information content (AvgIpc) is 3.21. The van der Waals surface area contributed by atoms with Gasteiger partial charge in [-0.15, -0.1) is 0 Å². The lowest BCUT2D eigenvalue weighted by molar-refractivity contribution is 0.0186. The zero-order valence-electron chi connectivity index (χ0n) is 15.5. The molecule has 1 N–H and O–H groups in total. The Bertz CT molecular complexity index is 1100. The molecule has 1 aliphatic rings. The molecule has 0 bridgehead atoms. The number of aryl methyl sites for hydroxylation is 1. The number of aliphatic hydroxyl groups is 1. The summed E-state index contributed by atoms with van der Waals surface area (Å²) < 4.78 is 6.22. The average molecular weight is 367 g/mol. The maximum absolute atomic E-state index is 11.7. The van der Waals surface area contributed by atoms with Crippen LogP contribution in [0.1, 0.15) is 23.2 Å². The van der Waals surface area contributed by atoms with Crippen LogP contribution < -0.4 is 0 Å². The van der Waals surface area contributed by atoms with Crippen LogP contribution in [-0.2, 0) is 18.4 Å². The van der Waals surface area contributed by atoms with Gasteiger partial charge < -0.3 is 9.52 Å². The Morgan fingerprint density at radius 3 is 2.07 bits per heavy atom. The molecular formula is C25H21NO2. The van der Waals surface area contributed by atoms with Gasteiger partial charge in [-0.1, -0.05) is 72.8 Å². The van der Waals surface area contributed by atoms with E-state index in [2.05, 4.69) is 18.2 Å². The number of aromatic nitrogens is 1. The fourth-order valence-electron chi connectivity index (χ4n) is 4.05. The van der Waals surface area contributed by atoms with Gasteiger partial charge in [0.15, 0.2) is 5.76 Å². The Kier molecular flexibility index (Phi) is 4.10. The highest BCUT2D eigenvalue weighted by molar-refractivity contribution is 5.65. The first-order chi connectivity index (χ1) is 13.7. The summed E-state index contributed by atoms with van der Waals surface area (Å²) in [6.07, 6.45) is 2.00. The summed E-state index contributed by atoms with van der Waals surface area (Å²) in [6.45, 7) is 0. The Balaban J connectivity index is 1.65. The van der Waals surface area contributed by atoms with Gasteiger partial charge in [-0.2, -0.15) is 0 Å². The normalized spacial score (nSPS) is 18.6. The van der Waals surface area contributed by atoms with Crippen LogP contribution >= 0.6 is 0 Å². The van der Waals surface area contributed by atoms with E-state index in [0.29, 0.717) is 30.2 Å². The predicted octanol–water partition coefficient (Wildman–Crippen LogP) is 5.39. The number of fused-ring (bicyclic) bond motifs is 1. The number of nitrogens with zero attached hydrogens (tertiary/aromatic N) is 1.